The molecule has 0 radical (unpaired) electrons. The largest absolute Gasteiger partial charge is 0.504 e. The molecule has 0 aromatic heterocycles. The number of hydrogen-bond donors (Lipinski definition) is 2. The Bertz CT molecular complexity index is 730. The van der Waals surface area contributed by atoms with Gasteiger partial charge in [0, 0.05) is 10.5 Å². The second-order valence-corrected chi connectivity index (χ2v) is 6.62. The number of aryl methyl sites for hydroxylation is 1. The first-order chi connectivity index (χ1) is 11.5. The Kier molecular flexibility index (Phi) is 6.26. The van der Waals surface area contributed by atoms with E-state index < -0.39 is 0 Å². The van der Waals surface area contributed by atoms with Crippen molar-refractivity contribution in [1.29, 1.82) is 0 Å². The predicted molar refractivity (Wildman–Crippen MR) is 96.9 cm³/mol. The third kappa shape index (κ3) is 4.76. The zero-order valence-corrected chi connectivity index (χ0v) is 14.6. The SMILES string of the molecule is COc1cccc(/C=N\NC(=O)[C@@H](C)Sc2ccc(C)cc2)c1O. The summed E-state index contributed by atoms with van der Waals surface area (Å²) in [5.41, 5.74) is 4.13. The Morgan fingerprint density at radius 2 is 2.00 bits per heavy atom. The molecule has 0 saturated carbocycles. The van der Waals surface area contributed by atoms with Gasteiger partial charge in [-0.05, 0) is 38.1 Å². The van der Waals surface area contributed by atoms with Gasteiger partial charge in [0.1, 0.15) is 0 Å². The van der Waals surface area contributed by atoms with Crippen molar-refractivity contribution in [1.82, 2.24) is 5.43 Å². The van der Waals surface area contributed by atoms with Crippen LogP contribution in [0, 0.1) is 6.92 Å². The van der Waals surface area contributed by atoms with Gasteiger partial charge in [0.05, 0.1) is 18.6 Å². The number of carbonyl (C=O) groups is 1. The maximum absolute atomic E-state index is 12.1. The van der Waals surface area contributed by atoms with E-state index in [0.29, 0.717) is 11.3 Å². The highest BCUT2D eigenvalue weighted by atomic mass is 32.2. The molecule has 2 aromatic rings. The van der Waals surface area contributed by atoms with Gasteiger partial charge in [-0.15, -0.1) is 11.8 Å². The number of amides is 1. The van der Waals surface area contributed by atoms with Crippen molar-refractivity contribution in [3.8, 4) is 11.5 Å². The highest BCUT2D eigenvalue weighted by Crippen LogP contribution is 2.28. The predicted octanol–water partition coefficient (Wildman–Crippen LogP) is 3.34. The van der Waals surface area contributed by atoms with Gasteiger partial charge in [0.2, 0.25) is 0 Å². The summed E-state index contributed by atoms with van der Waals surface area (Å²) >= 11 is 1.46. The molecule has 126 valence electrons. The van der Waals surface area contributed by atoms with Crippen molar-refractivity contribution in [2.75, 3.05) is 7.11 Å². The number of methoxy groups -OCH3 is 1. The topological polar surface area (TPSA) is 70.9 Å². The molecule has 24 heavy (non-hydrogen) atoms. The molecule has 2 rings (SSSR count). The summed E-state index contributed by atoms with van der Waals surface area (Å²) in [6.07, 6.45) is 1.39. The summed E-state index contributed by atoms with van der Waals surface area (Å²) in [6, 6.07) is 13.1. The van der Waals surface area contributed by atoms with E-state index in [4.69, 9.17) is 4.74 Å². The van der Waals surface area contributed by atoms with Crippen molar-refractivity contribution in [2.24, 2.45) is 5.10 Å². The molecule has 0 saturated heterocycles. The standard InChI is InChI=1S/C18H20N2O3S/c1-12-7-9-15(10-8-12)24-13(2)18(22)20-19-11-14-5-4-6-16(23-3)17(14)21/h4-11,13,21H,1-3H3,(H,20,22)/b19-11-/t13-/m1/s1. The van der Waals surface area contributed by atoms with E-state index in [1.54, 1.807) is 18.2 Å². The second-order valence-electron chi connectivity index (χ2n) is 5.21. The van der Waals surface area contributed by atoms with Gasteiger partial charge in [-0.25, -0.2) is 5.43 Å². The molecular weight excluding hydrogens is 324 g/mol. The van der Waals surface area contributed by atoms with E-state index in [1.165, 1.54) is 30.6 Å². The van der Waals surface area contributed by atoms with Crippen LogP contribution in [-0.2, 0) is 4.79 Å². The summed E-state index contributed by atoms with van der Waals surface area (Å²) in [4.78, 5) is 13.1. The molecular formula is C18H20N2O3S. The molecule has 0 bridgehead atoms. The van der Waals surface area contributed by atoms with Crippen molar-refractivity contribution in [3.63, 3.8) is 0 Å². The van der Waals surface area contributed by atoms with Crippen molar-refractivity contribution in [3.05, 3.63) is 53.6 Å². The average molecular weight is 344 g/mol. The third-order valence-corrected chi connectivity index (χ3v) is 4.44. The van der Waals surface area contributed by atoms with Gasteiger partial charge in [-0.3, -0.25) is 4.79 Å². The van der Waals surface area contributed by atoms with E-state index >= 15 is 0 Å². The molecule has 5 nitrogen and oxygen atoms in total. The van der Waals surface area contributed by atoms with Crippen LogP contribution in [0.3, 0.4) is 0 Å². The number of phenols is 1. The number of phenolic OH excluding ortho intramolecular Hbond substituents is 1. The Labute approximate surface area is 145 Å². The molecule has 0 unspecified atom stereocenters. The van der Waals surface area contributed by atoms with E-state index in [-0.39, 0.29) is 16.9 Å². The van der Waals surface area contributed by atoms with E-state index in [9.17, 15) is 9.90 Å². The highest BCUT2D eigenvalue weighted by Gasteiger charge is 2.13. The summed E-state index contributed by atoms with van der Waals surface area (Å²) in [6.45, 7) is 3.84. The minimum Gasteiger partial charge on any atom is -0.504 e. The maximum Gasteiger partial charge on any atom is 0.253 e. The number of nitrogens with one attached hydrogen (secondary N) is 1. The number of nitrogens with zero attached hydrogens (tertiary/aromatic N) is 1. The Morgan fingerprint density at radius 3 is 2.67 bits per heavy atom. The number of rotatable bonds is 6. The minimum absolute atomic E-state index is 0.0138. The van der Waals surface area contributed by atoms with Gasteiger partial charge in [-0.2, -0.15) is 5.10 Å². The summed E-state index contributed by atoms with van der Waals surface area (Å²) in [7, 11) is 1.47. The van der Waals surface area contributed by atoms with Gasteiger partial charge in [0.15, 0.2) is 11.5 Å². The number of hydrogen-bond acceptors (Lipinski definition) is 5. The lowest BCUT2D eigenvalue weighted by Gasteiger charge is -2.09. The fraction of sp³-hybridized carbons (Fsp3) is 0.222. The fourth-order valence-corrected chi connectivity index (χ4v) is 2.80. The molecule has 6 heteroatoms. The number of ether oxygens (including phenoxy) is 1. The Balaban J connectivity index is 1.93. The normalized spacial score (nSPS) is 12.1. The highest BCUT2D eigenvalue weighted by molar-refractivity contribution is 8.00. The number of aromatic hydroxyl groups is 1. The molecule has 1 amide bonds. The zero-order chi connectivity index (χ0) is 17.5. The summed E-state index contributed by atoms with van der Waals surface area (Å²) in [5, 5.41) is 13.6. The van der Waals surface area contributed by atoms with Crippen LogP contribution in [0.1, 0.15) is 18.1 Å². The number of thioether (sulfide) groups is 1. The van der Waals surface area contributed by atoms with Gasteiger partial charge >= 0.3 is 0 Å². The smallest absolute Gasteiger partial charge is 0.253 e. The van der Waals surface area contributed by atoms with Crippen LogP contribution in [0.5, 0.6) is 11.5 Å². The van der Waals surface area contributed by atoms with Gasteiger partial charge in [-0.1, -0.05) is 23.8 Å². The first-order valence-corrected chi connectivity index (χ1v) is 8.31. The molecule has 0 spiro atoms. The number of benzene rings is 2. The van der Waals surface area contributed by atoms with Crippen LogP contribution in [0.2, 0.25) is 0 Å². The first kappa shape index (κ1) is 17.9. The quantitative estimate of drug-likeness (QED) is 0.479. The van der Waals surface area contributed by atoms with Crippen molar-refractivity contribution in [2.45, 2.75) is 24.0 Å². The van der Waals surface area contributed by atoms with Crippen LogP contribution < -0.4 is 10.2 Å². The molecule has 0 aliphatic heterocycles. The average Bonchev–Trinajstić information content (AvgIpc) is 2.58. The Morgan fingerprint density at radius 1 is 1.29 bits per heavy atom. The zero-order valence-electron chi connectivity index (χ0n) is 13.8. The van der Waals surface area contributed by atoms with Crippen LogP contribution >= 0.6 is 11.8 Å². The van der Waals surface area contributed by atoms with Crippen LogP contribution in [0.15, 0.2) is 52.5 Å². The first-order valence-electron chi connectivity index (χ1n) is 7.43. The van der Waals surface area contributed by atoms with Gasteiger partial charge < -0.3 is 9.84 Å². The van der Waals surface area contributed by atoms with E-state index in [0.717, 1.165) is 4.90 Å². The molecule has 2 aromatic carbocycles. The second kappa shape index (κ2) is 8.40. The monoisotopic (exact) mass is 344 g/mol. The molecule has 0 aliphatic rings. The lowest BCUT2D eigenvalue weighted by Crippen LogP contribution is -2.26. The molecule has 0 heterocycles. The maximum atomic E-state index is 12.1. The number of para-hydroxylation sites is 1. The van der Waals surface area contributed by atoms with Gasteiger partial charge in [0.25, 0.3) is 5.91 Å². The molecule has 1 atom stereocenters. The lowest BCUT2D eigenvalue weighted by molar-refractivity contribution is -0.120. The molecule has 0 fully saturated rings. The summed E-state index contributed by atoms with van der Waals surface area (Å²) < 4.78 is 5.02. The summed E-state index contributed by atoms with van der Waals surface area (Å²) in [5.74, 6) is 0.132. The van der Waals surface area contributed by atoms with Crippen LogP contribution in [-0.4, -0.2) is 29.6 Å². The van der Waals surface area contributed by atoms with Crippen molar-refractivity contribution < 1.29 is 14.6 Å². The number of hydrazone groups is 1. The third-order valence-electron chi connectivity index (χ3n) is 3.33. The molecule has 0 aliphatic carbocycles. The Hall–Kier alpha value is -2.47. The molecule has 2 N–H and O–H groups in total. The van der Waals surface area contributed by atoms with E-state index in [2.05, 4.69) is 10.5 Å². The number of carbonyl (C=O) groups excluding carboxylic acids is 1. The van der Waals surface area contributed by atoms with E-state index in [1.807, 2.05) is 38.1 Å². The minimum atomic E-state index is -0.288. The van der Waals surface area contributed by atoms with Crippen LogP contribution in [0.25, 0.3) is 0 Å². The lowest BCUT2D eigenvalue weighted by atomic mass is 10.2. The fourth-order valence-electron chi connectivity index (χ4n) is 1.94. The van der Waals surface area contributed by atoms with Crippen molar-refractivity contribution >= 4 is 23.9 Å². The van der Waals surface area contributed by atoms with Crippen LogP contribution in [0.4, 0.5) is 0 Å².